The third-order valence-corrected chi connectivity index (χ3v) is 5.21. The van der Waals surface area contributed by atoms with Crippen LogP contribution in [0, 0.1) is 0 Å². The number of halogens is 3. The molecule has 2 aromatic rings. The molecule has 4 heterocycles. The smallest absolute Gasteiger partial charge is 0.335 e. The van der Waals surface area contributed by atoms with Gasteiger partial charge in [0.25, 0.3) is 0 Å². The van der Waals surface area contributed by atoms with Gasteiger partial charge >= 0.3 is 5.69 Å². The van der Waals surface area contributed by atoms with Gasteiger partial charge in [-0.05, 0) is 24.5 Å². The maximum Gasteiger partial charge on any atom is 0.346 e. The first-order chi connectivity index (χ1) is 12.9. The molecule has 0 radical (unpaired) electrons. The third-order valence-electron chi connectivity index (χ3n) is 5.00. The first-order valence-electron chi connectivity index (χ1n) is 8.78. The first kappa shape index (κ1) is 18.1. The first-order valence-corrected chi connectivity index (χ1v) is 9.16. The van der Waals surface area contributed by atoms with E-state index in [1.807, 2.05) is 0 Å². The number of amides is 1. The van der Waals surface area contributed by atoms with E-state index in [4.69, 9.17) is 11.6 Å². The van der Waals surface area contributed by atoms with Crippen LogP contribution in [-0.4, -0.2) is 55.6 Å². The van der Waals surface area contributed by atoms with E-state index in [-0.39, 0.29) is 19.6 Å². The number of hydrogen-bond donors (Lipinski definition) is 0. The zero-order valence-corrected chi connectivity index (χ0v) is 15.1. The Labute approximate surface area is 158 Å². The lowest BCUT2D eigenvalue weighted by molar-refractivity contribution is -0.134. The number of carbonyl (C=O) groups excluding carboxylic acids is 1. The van der Waals surface area contributed by atoms with Crippen LogP contribution < -0.4 is 5.69 Å². The predicted octanol–water partition coefficient (Wildman–Crippen LogP) is 1.54. The minimum absolute atomic E-state index is 0.177. The van der Waals surface area contributed by atoms with Crippen molar-refractivity contribution in [3.8, 4) is 0 Å². The van der Waals surface area contributed by atoms with Crippen molar-refractivity contribution in [3.05, 3.63) is 45.4 Å². The Morgan fingerprint density at radius 2 is 2.00 bits per heavy atom. The van der Waals surface area contributed by atoms with Gasteiger partial charge in [0.2, 0.25) is 5.91 Å². The minimum atomic E-state index is -1.67. The zero-order valence-electron chi connectivity index (χ0n) is 14.4. The zero-order chi connectivity index (χ0) is 19.1. The van der Waals surface area contributed by atoms with E-state index in [1.54, 1.807) is 12.3 Å². The highest BCUT2D eigenvalue weighted by Crippen LogP contribution is 2.27. The monoisotopic (exact) mass is 397 g/mol. The van der Waals surface area contributed by atoms with Crippen LogP contribution in [0.25, 0.3) is 0 Å². The molecule has 0 bridgehead atoms. The number of fused-ring (bicyclic) bond motifs is 1. The van der Waals surface area contributed by atoms with Gasteiger partial charge < -0.3 is 4.90 Å². The van der Waals surface area contributed by atoms with Crippen LogP contribution in [0.2, 0.25) is 5.02 Å². The molecule has 0 aliphatic carbocycles. The number of carbonyl (C=O) groups is 1. The molecule has 1 fully saturated rings. The maximum absolute atomic E-state index is 13.5. The van der Waals surface area contributed by atoms with Crippen LogP contribution in [0.3, 0.4) is 0 Å². The molecule has 10 heteroatoms. The fraction of sp³-hybridized carbons (Fsp3) is 0.529. The molecule has 1 saturated heterocycles. The van der Waals surface area contributed by atoms with Crippen molar-refractivity contribution in [3.63, 3.8) is 0 Å². The van der Waals surface area contributed by atoms with Crippen LogP contribution in [0.4, 0.5) is 8.78 Å². The highest BCUT2D eigenvalue weighted by Gasteiger charge is 2.40. The van der Waals surface area contributed by atoms with Crippen molar-refractivity contribution in [2.75, 3.05) is 13.1 Å². The summed E-state index contributed by atoms with van der Waals surface area (Å²) in [4.78, 5) is 30.8. The molecular weight excluding hydrogens is 380 g/mol. The van der Waals surface area contributed by atoms with Crippen LogP contribution in [0.1, 0.15) is 30.3 Å². The van der Waals surface area contributed by atoms with Crippen LogP contribution >= 0.6 is 11.6 Å². The molecule has 4 rings (SSSR count). The Kier molecular flexibility index (Phi) is 4.71. The molecule has 0 spiro atoms. The topological polar surface area (TPSA) is 73.0 Å². The van der Waals surface area contributed by atoms with Gasteiger partial charge in [0.1, 0.15) is 11.9 Å². The predicted molar refractivity (Wildman–Crippen MR) is 93.2 cm³/mol. The number of likely N-dealkylation sites (tertiary alicyclic amines) is 1. The second-order valence-corrected chi connectivity index (χ2v) is 7.36. The summed E-state index contributed by atoms with van der Waals surface area (Å²) in [7, 11) is 0. The largest absolute Gasteiger partial charge is 0.346 e. The van der Waals surface area contributed by atoms with E-state index in [0.29, 0.717) is 35.7 Å². The van der Waals surface area contributed by atoms with Crippen molar-refractivity contribution in [1.82, 2.24) is 24.2 Å². The normalized spacial score (nSPS) is 24.9. The summed E-state index contributed by atoms with van der Waals surface area (Å²) in [6.45, 7) is -0.373. The Morgan fingerprint density at radius 3 is 2.70 bits per heavy atom. The Bertz CT molecular complexity index is 920. The Morgan fingerprint density at radius 1 is 1.26 bits per heavy atom. The molecule has 3 atom stereocenters. The van der Waals surface area contributed by atoms with Crippen molar-refractivity contribution < 1.29 is 13.6 Å². The lowest BCUT2D eigenvalue weighted by Crippen LogP contribution is -2.42. The molecule has 2 aromatic heterocycles. The van der Waals surface area contributed by atoms with E-state index in [9.17, 15) is 18.4 Å². The highest BCUT2D eigenvalue weighted by atomic mass is 35.5. The summed E-state index contributed by atoms with van der Waals surface area (Å²) in [6, 6.07) is 0.916. The highest BCUT2D eigenvalue weighted by molar-refractivity contribution is 6.30. The molecule has 0 N–H and O–H groups in total. The molecule has 27 heavy (non-hydrogen) atoms. The standard InChI is InChI=1S/C17H18ClF2N5O2/c18-11-4-10(5-21-6-11)7-24-17(27)25-14(2-1-3-15(25)22-24)16(26)23-8-12(19)13(20)9-23/h4-6,12-14H,1-3,7-9H2. The van der Waals surface area contributed by atoms with Gasteiger partial charge in [-0.1, -0.05) is 11.6 Å². The molecule has 0 saturated carbocycles. The number of rotatable bonds is 3. The summed E-state index contributed by atoms with van der Waals surface area (Å²) in [5.74, 6) is 0.0807. The number of aromatic nitrogens is 4. The van der Waals surface area contributed by atoms with E-state index in [1.165, 1.54) is 20.3 Å². The van der Waals surface area contributed by atoms with Gasteiger partial charge in [0.15, 0.2) is 12.3 Å². The summed E-state index contributed by atoms with van der Waals surface area (Å²) >= 11 is 5.93. The number of hydrogen-bond acceptors (Lipinski definition) is 4. The molecular formula is C17H18ClF2N5O2. The second-order valence-electron chi connectivity index (χ2n) is 6.92. The SMILES string of the molecule is O=C(C1CCCc2nn(Cc3cncc(Cl)c3)c(=O)n21)N1CC(F)C(F)C1. The van der Waals surface area contributed by atoms with Crippen LogP contribution in [-0.2, 0) is 17.8 Å². The molecule has 7 nitrogen and oxygen atoms in total. The van der Waals surface area contributed by atoms with Crippen molar-refractivity contribution >= 4 is 17.5 Å². The maximum atomic E-state index is 13.5. The van der Waals surface area contributed by atoms with Gasteiger partial charge in [0, 0.05) is 18.8 Å². The van der Waals surface area contributed by atoms with Crippen LogP contribution in [0.15, 0.2) is 23.3 Å². The van der Waals surface area contributed by atoms with Gasteiger partial charge in [0.05, 0.1) is 24.7 Å². The van der Waals surface area contributed by atoms with E-state index < -0.39 is 30.0 Å². The number of alkyl halides is 2. The Hall–Kier alpha value is -2.29. The fourth-order valence-corrected chi connectivity index (χ4v) is 3.90. The summed E-state index contributed by atoms with van der Waals surface area (Å²) in [5.41, 5.74) is 0.291. The summed E-state index contributed by atoms with van der Waals surface area (Å²) in [6.07, 6.45) is 1.42. The molecule has 0 aromatic carbocycles. The van der Waals surface area contributed by atoms with Gasteiger partial charge in [-0.15, -0.1) is 0 Å². The van der Waals surface area contributed by atoms with Crippen molar-refractivity contribution in [2.24, 2.45) is 0 Å². The number of aryl methyl sites for hydroxylation is 1. The fourth-order valence-electron chi connectivity index (χ4n) is 3.70. The number of nitrogens with zero attached hydrogens (tertiary/aromatic N) is 5. The third kappa shape index (κ3) is 3.36. The van der Waals surface area contributed by atoms with Gasteiger partial charge in [-0.3, -0.25) is 14.3 Å². The molecule has 3 unspecified atom stereocenters. The Balaban J connectivity index is 1.62. The van der Waals surface area contributed by atoms with Crippen LogP contribution in [0.5, 0.6) is 0 Å². The average Bonchev–Trinajstić information content (AvgIpc) is 3.14. The quantitative estimate of drug-likeness (QED) is 0.787. The van der Waals surface area contributed by atoms with E-state index in [0.717, 1.165) is 0 Å². The lowest BCUT2D eigenvalue weighted by atomic mass is 10.0. The molecule has 2 aliphatic heterocycles. The van der Waals surface area contributed by atoms with E-state index in [2.05, 4.69) is 10.1 Å². The van der Waals surface area contributed by atoms with E-state index >= 15 is 0 Å². The average molecular weight is 398 g/mol. The summed E-state index contributed by atoms with van der Waals surface area (Å²) < 4.78 is 29.6. The minimum Gasteiger partial charge on any atom is -0.335 e. The van der Waals surface area contributed by atoms with Gasteiger partial charge in [-0.25, -0.2) is 18.3 Å². The summed E-state index contributed by atoms with van der Waals surface area (Å²) in [5, 5.41) is 4.79. The van der Waals surface area contributed by atoms with Crippen molar-refractivity contribution in [1.29, 1.82) is 0 Å². The van der Waals surface area contributed by atoms with Crippen molar-refractivity contribution in [2.45, 2.75) is 44.2 Å². The lowest BCUT2D eigenvalue weighted by Gasteiger charge is -2.26. The molecule has 144 valence electrons. The second kappa shape index (κ2) is 7.03. The van der Waals surface area contributed by atoms with Gasteiger partial charge in [-0.2, -0.15) is 5.10 Å². The molecule has 2 aliphatic rings. The molecule has 1 amide bonds. The number of pyridine rings is 1.